The highest BCUT2D eigenvalue weighted by Crippen LogP contribution is 2.32. The van der Waals surface area contributed by atoms with E-state index in [0.717, 1.165) is 53.1 Å². The molecule has 0 aliphatic carbocycles. The highest BCUT2D eigenvalue weighted by molar-refractivity contribution is 5.96. The van der Waals surface area contributed by atoms with Crippen LogP contribution in [0.1, 0.15) is 19.5 Å². The van der Waals surface area contributed by atoms with Crippen LogP contribution in [0.5, 0.6) is 0 Å². The van der Waals surface area contributed by atoms with Gasteiger partial charge < -0.3 is 20.5 Å². The monoisotopic (exact) mass is 565 g/mol. The summed E-state index contributed by atoms with van der Waals surface area (Å²) in [6, 6.07) is 8.85. The number of benzene rings is 1. The van der Waals surface area contributed by atoms with E-state index in [1.807, 2.05) is 51.4 Å². The van der Waals surface area contributed by atoms with Crippen molar-refractivity contribution in [3.8, 4) is 22.6 Å². The van der Waals surface area contributed by atoms with Gasteiger partial charge >= 0.3 is 0 Å². The van der Waals surface area contributed by atoms with Crippen LogP contribution in [0.2, 0.25) is 0 Å². The lowest BCUT2D eigenvalue weighted by atomic mass is 10.1. The van der Waals surface area contributed by atoms with Gasteiger partial charge in [-0.2, -0.15) is 5.10 Å². The third-order valence-electron chi connectivity index (χ3n) is 6.91. The number of allylic oxidation sites excluding steroid dienone is 3. The summed E-state index contributed by atoms with van der Waals surface area (Å²) in [5.41, 5.74) is 8.45. The standard InChI is InChI=1S/C32H36FN9/c1-6-20(17-34-8-3)13-21(7-2)26-9-10-27-30(37-26)31(41-40-27)32-38-28-19-35-18-25(29(28)39-32)22-14-23(33)16-24(15-22)36-11-12-42(4)5/h6-7,9-10,13-16,18-19,34,36H,1,8,11-12,17H2,2-5H3,(H,38,39)(H,40,41)/b20-13+,21-7+. The summed E-state index contributed by atoms with van der Waals surface area (Å²) in [5.74, 6) is 0.217. The zero-order valence-electron chi connectivity index (χ0n) is 24.4. The van der Waals surface area contributed by atoms with Gasteiger partial charge in [-0.3, -0.25) is 10.1 Å². The Balaban J connectivity index is 1.52. The quantitative estimate of drug-likeness (QED) is 0.142. The topological polar surface area (TPSA) is 110 Å². The van der Waals surface area contributed by atoms with Crippen LogP contribution in [0.15, 0.2) is 73.1 Å². The molecule has 42 heavy (non-hydrogen) atoms. The van der Waals surface area contributed by atoms with Gasteiger partial charge in [0.15, 0.2) is 11.5 Å². The molecule has 4 heterocycles. The molecule has 0 radical (unpaired) electrons. The van der Waals surface area contributed by atoms with Crippen molar-refractivity contribution in [2.75, 3.05) is 45.6 Å². The highest BCUT2D eigenvalue weighted by Gasteiger charge is 2.18. The van der Waals surface area contributed by atoms with Gasteiger partial charge in [0.1, 0.15) is 11.3 Å². The molecule has 0 saturated carbocycles. The number of hydrogen-bond acceptors (Lipinski definition) is 7. The van der Waals surface area contributed by atoms with Crippen molar-refractivity contribution in [1.82, 2.24) is 40.3 Å². The molecule has 1 aromatic carbocycles. The molecular weight excluding hydrogens is 529 g/mol. The zero-order chi connectivity index (χ0) is 29.6. The molecule has 0 spiro atoms. The summed E-state index contributed by atoms with van der Waals surface area (Å²) in [7, 11) is 4.00. The van der Waals surface area contributed by atoms with Crippen LogP contribution < -0.4 is 10.6 Å². The number of H-pyrrole nitrogens is 2. The van der Waals surface area contributed by atoms with Gasteiger partial charge in [-0.1, -0.05) is 25.7 Å². The average Bonchev–Trinajstić information content (AvgIpc) is 3.60. The van der Waals surface area contributed by atoms with E-state index in [4.69, 9.17) is 9.97 Å². The van der Waals surface area contributed by atoms with Crippen LogP contribution in [0.25, 0.3) is 50.3 Å². The number of anilines is 1. The molecular formula is C32H36FN9. The molecule has 0 aliphatic rings. The summed E-state index contributed by atoms with van der Waals surface area (Å²) in [6.45, 7) is 11.1. The predicted octanol–water partition coefficient (Wildman–Crippen LogP) is 5.80. The van der Waals surface area contributed by atoms with Crippen LogP contribution >= 0.6 is 0 Å². The van der Waals surface area contributed by atoms with Crippen molar-refractivity contribution in [1.29, 1.82) is 0 Å². The Labute approximate surface area is 244 Å². The fourth-order valence-corrected chi connectivity index (χ4v) is 4.71. The summed E-state index contributed by atoms with van der Waals surface area (Å²) in [4.78, 5) is 19.7. The first-order valence-corrected chi connectivity index (χ1v) is 14.0. The number of rotatable bonds is 12. The zero-order valence-corrected chi connectivity index (χ0v) is 24.4. The summed E-state index contributed by atoms with van der Waals surface area (Å²) in [5, 5.41) is 14.3. The first kappa shape index (κ1) is 28.8. The first-order valence-electron chi connectivity index (χ1n) is 14.0. The third-order valence-corrected chi connectivity index (χ3v) is 6.91. The van der Waals surface area contributed by atoms with Gasteiger partial charge in [-0.15, -0.1) is 0 Å². The van der Waals surface area contributed by atoms with Gasteiger partial charge in [-0.25, -0.2) is 14.4 Å². The van der Waals surface area contributed by atoms with Crippen molar-refractivity contribution >= 4 is 33.3 Å². The Morgan fingerprint density at radius 1 is 1.10 bits per heavy atom. The second kappa shape index (κ2) is 12.9. The van der Waals surface area contributed by atoms with Gasteiger partial charge in [0.05, 0.1) is 28.4 Å². The third kappa shape index (κ3) is 6.29. The van der Waals surface area contributed by atoms with E-state index in [1.54, 1.807) is 12.4 Å². The Hall–Kier alpha value is -4.67. The van der Waals surface area contributed by atoms with E-state index in [2.05, 4.69) is 55.3 Å². The molecule has 9 nitrogen and oxygen atoms in total. The van der Waals surface area contributed by atoms with Crippen LogP contribution in [0.3, 0.4) is 0 Å². The molecule has 4 aromatic heterocycles. The second-order valence-electron chi connectivity index (χ2n) is 10.2. The number of halogens is 1. The van der Waals surface area contributed by atoms with E-state index >= 15 is 0 Å². The first-order chi connectivity index (χ1) is 20.4. The molecule has 0 fully saturated rings. The highest BCUT2D eigenvalue weighted by atomic mass is 19.1. The number of nitrogens with zero attached hydrogens (tertiary/aromatic N) is 5. The molecule has 10 heteroatoms. The fourth-order valence-electron chi connectivity index (χ4n) is 4.71. The maximum Gasteiger partial charge on any atom is 0.161 e. The van der Waals surface area contributed by atoms with E-state index < -0.39 is 0 Å². The van der Waals surface area contributed by atoms with E-state index in [-0.39, 0.29) is 5.82 Å². The molecule has 0 unspecified atom stereocenters. The number of hydrogen-bond donors (Lipinski definition) is 4. The van der Waals surface area contributed by atoms with Gasteiger partial charge in [-0.05, 0) is 80.7 Å². The summed E-state index contributed by atoms with van der Waals surface area (Å²) in [6.07, 6.45) is 9.40. The normalized spacial score (nSPS) is 12.5. The smallest absolute Gasteiger partial charge is 0.161 e. The Kier molecular flexibility index (Phi) is 8.85. The molecule has 0 bridgehead atoms. The van der Waals surface area contributed by atoms with Crippen molar-refractivity contribution in [2.45, 2.75) is 13.8 Å². The largest absolute Gasteiger partial charge is 0.384 e. The van der Waals surface area contributed by atoms with Crippen LogP contribution in [0, 0.1) is 5.82 Å². The van der Waals surface area contributed by atoms with E-state index in [9.17, 15) is 4.39 Å². The van der Waals surface area contributed by atoms with Gasteiger partial charge in [0.2, 0.25) is 0 Å². The van der Waals surface area contributed by atoms with Crippen LogP contribution in [0.4, 0.5) is 10.1 Å². The van der Waals surface area contributed by atoms with E-state index in [0.29, 0.717) is 40.3 Å². The molecule has 0 saturated heterocycles. The molecule has 216 valence electrons. The number of fused-ring (bicyclic) bond motifs is 2. The van der Waals surface area contributed by atoms with Crippen LogP contribution in [-0.4, -0.2) is 75.3 Å². The lowest BCUT2D eigenvalue weighted by molar-refractivity contribution is 0.425. The molecule has 5 rings (SSSR count). The Morgan fingerprint density at radius 2 is 1.95 bits per heavy atom. The second-order valence-corrected chi connectivity index (χ2v) is 10.2. The number of pyridine rings is 2. The van der Waals surface area contributed by atoms with Gasteiger partial charge in [0, 0.05) is 37.1 Å². The maximum absolute atomic E-state index is 14.7. The molecule has 0 atom stereocenters. The molecule has 0 amide bonds. The van der Waals surface area contributed by atoms with Crippen molar-refractivity contribution in [3.05, 3.63) is 84.6 Å². The lowest BCUT2D eigenvalue weighted by Crippen LogP contribution is -2.20. The van der Waals surface area contributed by atoms with Crippen molar-refractivity contribution < 1.29 is 4.39 Å². The van der Waals surface area contributed by atoms with Crippen molar-refractivity contribution in [2.24, 2.45) is 0 Å². The average molecular weight is 566 g/mol. The summed E-state index contributed by atoms with van der Waals surface area (Å²) >= 11 is 0. The predicted molar refractivity (Wildman–Crippen MR) is 170 cm³/mol. The molecule has 4 N–H and O–H groups in total. The SMILES string of the molecule is C=C/C(=C\C(=C/C)c1ccc2[nH]nc(-c3nc4c(-c5cc(F)cc(NCCN(C)C)c5)cncc4[nH]3)c2n1)CNCC. The number of aromatic nitrogens is 6. The fraction of sp³-hybridized carbons (Fsp3) is 0.250. The molecule has 0 aliphatic heterocycles. The maximum atomic E-state index is 14.7. The lowest BCUT2D eigenvalue weighted by Gasteiger charge is -2.12. The Bertz CT molecular complexity index is 1780. The van der Waals surface area contributed by atoms with E-state index in [1.165, 1.54) is 12.1 Å². The summed E-state index contributed by atoms with van der Waals surface area (Å²) < 4.78 is 14.7. The Morgan fingerprint density at radius 3 is 2.71 bits per heavy atom. The minimum atomic E-state index is -0.332. The minimum Gasteiger partial charge on any atom is -0.384 e. The van der Waals surface area contributed by atoms with Crippen LogP contribution in [-0.2, 0) is 0 Å². The minimum absolute atomic E-state index is 0.332. The number of aromatic amines is 2. The molecule has 5 aromatic rings. The van der Waals surface area contributed by atoms with Gasteiger partial charge in [0.25, 0.3) is 0 Å². The number of imidazole rings is 1. The van der Waals surface area contributed by atoms with Crippen molar-refractivity contribution in [3.63, 3.8) is 0 Å². The number of nitrogens with one attached hydrogen (secondary N) is 4. The number of likely N-dealkylation sites (N-methyl/N-ethyl adjacent to an activating group) is 2.